The van der Waals surface area contributed by atoms with Gasteiger partial charge in [0.25, 0.3) is 0 Å². The molecule has 0 bridgehead atoms. The molecular weight excluding hydrogens is 226 g/mol. The van der Waals surface area contributed by atoms with E-state index in [1.54, 1.807) is 0 Å². The van der Waals surface area contributed by atoms with E-state index in [0.717, 1.165) is 38.8 Å². The molecule has 106 valence electrons. The third kappa shape index (κ3) is 4.58. The zero-order valence-electron chi connectivity index (χ0n) is 12.4. The molecule has 0 aliphatic carbocycles. The van der Waals surface area contributed by atoms with E-state index in [9.17, 15) is 4.79 Å². The predicted octanol–water partition coefficient (Wildman–Crippen LogP) is 1.37. The highest BCUT2D eigenvalue weighted by Gasteiger charge is 2.28. The van der Waals surface area contributed by atoms with Gasteiger partial charge in [0, 0.05) is 24.7 Å². The number of nitrogens with zero attached hydrogens (tertiary/aromatic N) is 1. The van der Waals surface area contributed by atoms with E-state index in [2.05, 4.69) is 36.3 Å². The van der Waals surface area contributed by atoms with Gasteiger partial charge in [-0.05, 0) is 39.7 Å². The average Bonchev–Trinajstić information content (AvgIpc) is 2.39. The molecule has 0 aromatic rings. The molecule has 4 heteroatoms. The Labute approximate surface area is 111 Å². The van der Waals surface area contributed by atoms with Gasteiger partial charge in [0.2, 0.25) is 5.91 Å². The molecule has 0 aromatic carbocycles. The van der Waals surface area contributed by atoms with Crippen molar-refractivity contribution >= 4 is 5.91 Å². The number of hydrogen-bond donors (Lipinski definition) is 2. The zero-order chi connectivity index (χ0) is 13.6. The van der Waals surface area contributed by atoms with Crippen molar-refractivity contribution in [3.05, 3.63) is 0 Å². The highest BCUT2D eigenvalue weighted by molar-refractivity contribution is 5.78. The Hall–Kier alpha value is -0.610. The van der Waals surface area contributed by atoms with Crippen LogP contribution >= 0.6 is 0 Å². The van der Waals surface area contributed by atoms with E-state index in [4.69, 9.17) is 0 Å². The van der Waals surface area contributed by atoms with E-state index in [1.165, 1.54) is 0 Å². The molecule has 0 unspecified atom stereocenters. The van der Waals surface area contributed by atoms with Gasteiger partial charge in [-0.25, -0.2) is 0 Å². The Morgan fingerprint density at radius 3 is 2.28 bits per heavy atom. The lowest BCUT2D eigenvalue weighted by atomic mass is 9.90. The van der Waals surface area contributed by atoms with Crippen LogP contribution in [0.25, 0.3) is 0 Å². The van der Waals surface area contributed by atoms with Crippen LogP contribution in [0, 0.1) is 0 Å². The van der Waals surface area contributed by atoms with Crippen molar-refractivity contribution in [1.29, 1.82) is 0 Å². The molecule has 0 aromatic heterocycles. The number of hydrogen-bond acceptors (Lipinski definition) is 3. The van der Waals surface area contributed by atoms with Crippen LogP contribution in [0.5, 0.6) is 0 Å². The minimum atomic E-state index is 0.178. The summed E-state index contributed by atoms with van der Waals surface area (Å²) in [7, 11) is 2.02. The van der Waals surface area contributed by atoms with Crippen molar-refractivity contribution in [1.82, 2.24) is 15.5 Å². The fourth-order valence-electron chi connectivity index (χ4n) is 2.42. The van der Waals surface area contributed by atoms with E-state index in [1.807, 2.05) is 7.05 Å². The SMILES string of the molecule is CCC(CC)NC(=O)CN1CCC(C)(NC)CC1. The van der Waals surface area contributed by atoms with Gasteiger partial charge < -0.3 is 10.6 Å². The van der Waals surface area contributed by atoms with Crippen molar-refractivity contribution in [2.75, 3.05) is 26.7 Å². The molecule has 1 rings (SSSR count). The first kappa shape index (κ1) is 15.4. The zero-order valence-corrected chi connectivity index (χ0v) is 12.4. The quantitative estimate of drug-likeness (QED) is 0.753. The van der Waals surface area contributed by atoms with E-state index in [0.29, 0.717) is 12.6 Å². The number of piperidine rings is 1. The highest BCUT2D eigenvalue weighted by Crippen LogP contribution is 2.20. The first-order valence-electron chi connectivity index (χ1n) is 7.23. The van der Waals surface area contributed by atoms with Crippen molar-refractivity contribution < 1.29 is 4.79 Å². The number of likely N-dealkylation sites (tertiary alicyclic amines) is 1. The number of carbonyl (C=O) groups excluding carboxylic acids is 1. The fourth-order valence-corrected chi connectivity index (χ4v) is 2.42. The van der Waals surface area contributed by atoms with Crippen LogP contribution < -0.4 is 10.6 Å². The van der Waals surface area contributed by atoms with Gasteiger partial charge in [0.1, 0.15) is 0 Å². The molecule has 4 nitrogen and oxygen atoms in total. The molecule has 1 heterocycles. The summed E-state index contributed by atoms with van der Waals surface area (Å²) in [5.74, 6) is 0.178. The molecule has 2 N–H and O–H groups in total. The Bertz CT molecular complexity index is 256. The molecule has 1 aliphatic rings. The summed E-state index contributed by atoms with van der Waals surface area (Å²) in [5, 5.41) is 6.48. The Balaban J connectivity index is 2.30. The van der Waals surface area contributed by atoms with Crippen molar-refractivity contribution in [2.45, 2.75) is 58.0 Å². The Morgan fingerprint density at radius 2 is 1.83 bits per heavy atom. The molecule has 18 heavy (non-hydrogen) atoms. The van der Waals surface area contributed by atoms with Crippen LogP contribution in [-0.4, -0.2) is 49.1 Å². The first-order chi connectivity index (χ1) is 8.53. The second-order valence-electron chi connectivity index (χ2n) is 5.67. The maximum absolute atomic E-state index is 11.9. The van der Waals surface area contributed by atoms with E-state index < -0.39 is 0 Å². The third-order valence-corrected chi connectivity index (χ3v) is 4.28. The van der Waals surface area contributed by atoms with Crippen molar-refractivity contribution in [2.24, 2.45) is 0 Å². The van der Waals surface area contributed by atoms with Crippen LogP contribution in [0.3, 0.4) is 0 Å². The van der Waals surface area contributed by atoms with Gasteiger partial charge in [-0.2, -0.15) is 0 Å². The average molecular weight is 255 g/mol. The van der Waals surface area contributed by atoms with Crippen LogP contribution in [0.2, 0.25) is 0 Å². The summed E-state index contributed by atoms with van der Waals surface area (Å²) in [6, 6.07) is 0.338. The summed E-state index contributed by atoms with van der Waals surface area (Å²) in [6.07, 6.45) is 4.25. The minimum absolute atomic E-state index is 0.178. The highest BCUT2D eigenvalue weighted by atomic mass is 16.2. The summed E-state index contributed by atoms with van der Waals surface area (Å²) in [6.45, 7) is 9.06. The summed E-state index contributed by atoms with van der Waals surface area (Å²) in [5.41, 5.74) is 0.252. The maximum Gasteiger partial charge on any atom is 0.234 e. The van der Waals surface area contributed by atoms with Crippen LogP contribution in [0.15, 0.2) is 0 Å². The monoisotopic (exact) mass is 255 g/mol. The summed E-state index contributed by atoms with van der Waals surface area (Å²) < 4.78 is 0. The molecule has 0 radical (unpaired) electrons. The second kappa shape index (κ2) is 7.10. The van der Waals surface area contributed by atoms with Gasteiger partial charge in [0.05, 0.1) is 6.54 Å². The third-order valence-electron chi connectivity index (χ3n) is 4.28. The van der Waals surface area contributed by atoms with Crippen molar-refractivity contribution in [3.63, 3.8) is 0 Å². The largest absolute Gasteiger partial charge is 0.352 e. The van der Waals surface area contributed by atoms with Crippen LogP contribution in [-0.2, 0) is 4.79 Å². The number of carbonyl (C=O) groups is 1. The lowest BCUT2D eigenvalue weighted by Crippen LogP contribution is -2.52. The van der Waals surface area contributed by atoms with Crippen LogP contribution in [0.4, 0.5) is 0 Å². The number of nitrogens with one attached hydrogen (secondary N) is 2. The normalized spacial score (nSPS) is 20.1. The standard InChI is InChI=1S/C14H29N3O/c1-5-12(6-2)16-13(18)11-17-9-7-14(3,15-4)8-10-17/h12,15H,5-11H2,1-4H3,(H,16,18). The summed E-state index contributed by atoms with van der Waals surface area (Å²) in [4.78, 5) is 14.2. The van der Waals surface area contributed by atoms with Gasteiger partial charge in [-0.3, -0.25) is 9.69 Å². The molecular formula is C14H29N3O. The lowest BCUT2D eigenvalue weighted by Gasteiger charge is -2.39. The number of amides is 1. The molecule has 1 fully saturated rings. The van der Waals surface area contributed by atoms with E-state index in [-0.39, 0.29) is 11.4 Å². The van der Waals surface area contributed by atoms with Crippen LogP contribution in [0.1, 0.15) is 46.5 Å². The fraction of sp³-hybridized carbons (Fsp3) is 0.929. The topological polar surface area (TPSA) is 44.4 Å². The molecule has 1 amide bonds. The van der Waals surface area contributed by atoms with Crippen molar-refractivity contribution in [3.8, 4) is 0 Å². The predicted molar refractivity (Wildman–Crippen MR) is 75.7 cm³/mol. The van der Waals surface area contributed by atoms with Gasteiger partial charge in [0.15, 0.2) is 0 Å². The molecule has 0 saturated carbocycles. The Kier molecular flexibility index (Phi) is 6.09. The molecule has 1 saturated heterocycles. The summed E-state index contributed by atoms with van der Waals surface area (Å²) >= 11 is 0. The van der Waals surface area contributed by atoms with Gasteiger partial charge in [-0.15, -0.1) is 0 Å². The molecule has 1 aliphatic heterocycles. The maximum atomic E-state index is 11.9. The number of rotatable bonds is 6. The lowest BCUT2D eigenvalue weighted by molar-refractivity contribution is -0.123. The van der Waals surface area contributed by atoms with Gasteiger partial charge >= 0.3 is 0 Å². The molecule has 0 spiro atoms. The first-order valence-corrected chi connectivity index (χ1v) is 7.23. The smallest absolute Gasteiger partial charge is 0.234 e. The second-order valence-corrected chi connectivity index (χ2v) is 5.67. The van der Waals surface area contributed by atoms with Gasteiger partial charge in [-0.1, -0.05) is 13.8 Å². The Morgan fingerprint density at radius 1 is 1.28 bits per heavy atom. The van der Waals surface area contributed by atoms with E-state index >= 15 is 0 Å². The molecule has 0 atom stereocenters. The minimum Gasteiger partial charge on any atom is -0.352 e.